The minimum atomic E-state index is -1.12. The molecule has 4 nitrogen and oxygen atoms in total. The average Bonchev–Trinajstić information content (AvgIpc) is 2.30. The molecule has 1 N–H and O–H groups in total. The summed E-state index contributed by atoms with van der Waals surface area (Å²) >= 11 is 0. The van der Waals surface area contributed by atoms with Crippen molar-refractivity contribution in [2.45, 2.75) is 19.3 Å². The number of allylic oxidation sites excluding steroid dienone is 4. The number of carboxylic acid groups (broad SMARTS) is 1. The lowest BCUT2D eigenvalue weighted by molar-refractivity contribution is -0.136. The van der Waals surface area contributed by atoms with Gasteiger partial charge in [-0.25, -0.2) is 4.79 Å². The second-order valence-corrected chi connectivity index (χ2v) is 3.58. The lowest BCUT2D eigenvalue weighted by Crippen LogP contribution is -2.09. The monoisotopic (exact) mass is 220 g/mol. The van der Waals surface area contributed by atoms with Crippen molar-refractivity contribution in [3.8, 4) is 0 Å². The molecule has 16 heavy (non-hydrogen) atoms. The van der Waals surface area contributed by atoms with Crippen molar-refractivity contribution >= 4 is 5.97 Å². The van der Waals surface area contributed by atoms with Crippen LogP contribution in [0, 0.1) is 0 Å². The quantitative estimate of drug-likeness (QED) is 0.793. The standard InChI is InChI=1S/C12H12O4/c13-12(14)11-8-15-7-10(16-11)6-9-4-2-1-3-5-9/h1-2,4,7-8H,3,5-6H2,(H,13,14). The maximum absolute atomic E-state index is 10.7. The van der Waals surface area contributed by atoms with Crippen molar-refractivity contribution in [1.29, 1.82) is 0 Å². The summed E-state index contributed by atoms with van der Waals surface area (Å²) in [7, 11) is 0. The third-order valence-corrected chi connectivity index (χ3v) is 2.33. The fourth-order valence-corrected chi connectivity index (χ4v) is 1.56. The molecule has 1 aliphatic heterocycles. The van der Waals surface area contributed by atoms with E-state index in [0.29, 0.717) is 12.2 Å². The Kier molecular flexibility index (Phi) is 3.10. The molecule has 0 aromatic rings. The Morgan fingerprint density at radius 2 is 2.31 bits per heavy atom. The van der Waals surface area contributed by atoms with Crippen LogP contribution in [-0.2, 0) is 14.3 Å². The van der Waals surface area contributed by atoms with Gasteiger partial charge in [0.25, 0.3) is 0 Å². The van der Waals surface area contributed by atoms with Crippen molar-refractivity contribution in [2.24, 2.45) is 0 Å². The molecule has 84 valence electrons. The smallest absolute Gasteiger partial charge is 0.375 e. The van der Waals surface area contributed by atoms with E-state index in [4.69, 9.17) is 14.6 Å². The normalized spacial score (nSPS) is 18.9. The van der Waals surface area contributed by atoms with E-state index in [1.165, 1.54) is 11.8 Å². The summed E-state index contributed by atoms with van der Waals surface area (Å²) in [6, 6.07) is 0. The molecule has 0 aromatic heterocycles. The summed E-state index contributed by atoms with van der Waals surface area (Å²) in [5, 5.41) is 8.74. The van der Waals surface area contributed by atoms with Gasteiger partial charge in [-0.05, 0) is 12.8 Å². The Labute approximate surface area is 93.2 Å². The van der Waals surface area contributed by atoms with E-state index in [0.717, 1.165) is 19.1 Å². The van der Waals surface area contributed by atoms with Gasteiger partial charge in [-0.2, -0.15) is 0 Å². The highest BCUT2D eigenvalue weighted by molar-refractivity contribution is 5.84. The van der Waals surface area contributed by atoms with E-state index in [-0.39, 0.29) is 5.76 Å². The molecule has 0 unspecified atom stereocenters. The molecule has 0 fully saturated rings. The number of rotatable bonds is 3. The van der Waals surface area contributed by atoms with Gasteiger partial charge in [0.1, 0.15) is 18.3 Å². The predicted molar refractivity (Wildman–Crippen MR) is 57.0 cm³/mol. The Hall–Kier alpha value is -1.97. The molecule has 0 amide bonds. The molecule has 0 spiro atoms. The predicted octanol–water partition coefficient (Wildman–Crippen LogP) is 2.47. The zero-order chi connectivity index (χ0) is 11.4. The molecule has 0 bridgehead atoms. The van der Waals surface area contributed by atoms with Gasteiger partial charge in [-0.1, -0.05) is 23.8 Å². The minimum absolute atomic E-state index is 0.176. The largest absolute Gasteiger partial charge is 0.475 e. The molecule has 1 aliphatic carbocycles. The fraction of sp³-hybridized carbons (Fsp3) is 0.250. The summed E-state index contributed by atoms with van der Waals surface area (Å²) in [6.45, 7) is 0. The molecular weight excluding hydrogens is 208 g/mol. The summed E-state index contributed by atoms with van der Waals surface area (Å²) in [6.07, 6.45) is 11.2. The number of aliphatic carboxylic acids is 1. The van der Waals surface area contributed by atoms with Gasteiger partial charge in [-0.15, -0.1) is 0 Å². The molecule has 0 aromatic carbocycles. The molecule has 2 rings (SSSR count). The SMILES string of the molecule is O=C(O)C1=COC=C(CC2=CC=CCC2)O1. The van der Waals surface area contributed by atoms with Gasteiger partial charge < -0.3 is 14.6 Å². The highest BCUT2D eigenvalue weighted by Gasteiger charge is 2.17. The average molecular weight is 220 g/mol. The zero-order valence-corrected chi connectivity index (χ0v) is 8.68. The Bertz CT molecular complexity index is 413. The molecule has 0 atom stereocenters. The van der Waals surface area contributed by atoms with Crippen LogP contribution < -0.4 is 0 Å². The first kappa shape index (κ1) is 10.5. The second kappa shape index (κ2) is 4.70. The van der Waals surface area contributed by atoms with E-state index >= 15 is 0 Å². The number of carboxylic acids is 1. The Morgan fingerprint density at radius 3 is 3.00 bits per heavy atom. The molecule has 1 heterocycles. The lowest BCUT2D eigenvalue weighted by Gasteiger charge is -2.16. The summed E-state index contributed by atoms with van der Waals surface area (Å²) in [5.41, 5.74) is 1.21. The van der Waals surface area contributed by atoms with Crippen molar-refractivity contribution in [2.75, 3.05) is 0 Å². The third kappa shape index (κ3) is 2.53. The van der Waals surface area contributed by atoms with E-state index in [2.05, 4.69) is 6.08 Å². The van der Waals surface area contributed by atoms with Crippen LogP contribution in [0.2, 0.25) is 0 Å². The summed E-state index contributed by atoms with van der Waals surface area (Å²) in [5.74, 6) is -0.769. The van der Waals surface area contributed by atoms with Crippen LogP contribution in [0.15, 0.2) is 47.8 Å². The number of hydrogen-bond donors (Lipinski definition) is 1. The molecular formula is C12H12O4. The maximum Gasteiger partial charge on any atom is 0.375 e. The Balaban J connectivity index is 1.97. The fourth-order valence-electron chi connectivity index (χ4n) is 1.56. The Morgan fingerprint density at radius 1 is 1.44 bits per heavy atom. The molecule has 0 saturated heterocycles. The van der Waals surface area contributed by atoms with Gasteiger partial charge in [0.15, 0.2) is 0 Å². The van der Waals surface area contributed by atoms with E-state index in [1.807, 2.05) is 12.2 Å². The summed E-state index contributed by atoms with van der Waals surface area (Å²) in [4.78, 5) is 10.7. The lowest BCUT2D eigenvalue weighted by atomic mass is 10.0. The van der Waals surface area contributed by atoms with Gasteiger partial charge in [0.2, 0.25) is 5.76 Å². The molecule has 4 heteroatoms. The van der Waals surface area contributed by atoms with Gasteiger partial charge in [0, 0.05) is 6.42 Å². The van der Waals surface area contributed by atoms with Crippen LogP contribution in [0.3, 0.4) is 0 Å². The van der Waals surface area contributed by atoms with E-state index < -0.39 is 5.97 Å². The van der Waals surface area contributed by atoms with Gasteiger partial charge in [-0.3, -0.25) is 0 Å². The van der Waals surface area contributed by atoms with Crippen LogP contribution in [0.4, 0.5) is 0 Å². The molecule has 2 aliphatic rings. The first-order chi connectivity index (χ1) is 7.75. The summed E-state index contributed by atoms with van der Waals surface area (Å²) < 4.78 is 10.1. The van der Waals surface area contributed by atoms with Crippen molar-refractivity contribution in [1.82, 2.24) is 0 Å². The second-order valence-electron chi connectivity index (χ2n) is 3.58. The number of ether oxygens (including phenoxy) is 2. The van der Waals surface area contributed by atoms with Crippen molar-refractivity contribution in [3.63, 3.8) is 0 Å². The van der Waals surface area contributed by atoms with E-state index in [1.54, 1.807) is 0 Å². The van der Waals surface area contributed by atoms with Gasteiger partial charge >= 0.3 is 5.97 Å². The first-order valence-electron chi connectivity index (χ1n) is 5.06. The highest BCUT2D eigenvalue weighted by atomic mass is 16.6. The van der Waals surface area contributed by atoms with Crippen molar-refractivity contribution < 1.29 is 19.4 Å². The van der Waals surface area contributed by atoms with Crippen LogP contribution in [0.25, 0.3) is 0 Å². The number of hydrogen-bond acceptors (Lipinski definition) is 3. The third-order valence-electron chi connectivity index (χ3n) is 2.33. The topological polar surface area (TPSA) is 55.8 Å². The van der Waals surface area contributed by atoms with Crippen LogP contribution in [0.5, 0.6) is 0 Å². The minimum Gasteiger partial charge on any atom is -0.475 e. The van der Waals surface area contributed by atoms with Crippen LogP contribution in [0.1, 0.15) is 19.3 Å². The highest BCUT2D eigenvalue weighted by Crippen LogP contribution is 2.24. The van der Waals surface area contributed by atoms with Crippen molar-refractivity contribution in [3.05, 3.63) is 47.8 Å². The van der Waals surface area contributed by atoms with Crippen LogP contribution >= 0.6 is 0 Å². The zero-order valence-electron chi connectivity index (χ0n) is 8.68. The maximum atomic E-state index is 10.7. The first-order valence-corrected chi connectivity index (χ1v) is 5.06. The molecule has 0 radical (unpaired) electrons. The number of carbonyl (C=O) groups is 1. The van der Waals surface area contributed by atoms with Crippen LogP contribution in [-0.4, -0.2) is 11.1 Å². The van der Waals surface area contributed by atoms with E-state index in [9.17, 15) is 4.79 Å². The molecule has 0 saturated carbocycles. The van der Waals surface area contributed by atoms with Gasteiger partial charge in [0.05, 0.1) is 0 Å².